The van der Waals surface area contributed by atoms with Gasteiger partial charge < -0.3 is 15.8 Å². The lowest BCUT2D eigenvalue weighted by atomic mass is 9.87. The van der Waals surface area contributed by atoms with E-state index < -0.39 is 11.8 Å². The van der Waals surface area contributed by atoms with Crippen molar-refractivity contribution >= 4 is 28.3 Å². The Morgan fingerprint density at radius 1 is 1.08 bits per heavy atom. The van der Waals surface area contributed by atoms with Crippen molar-refractivity contribution in [1.29, 1.82) is 0 Å². The topological polar surface area (TPSA) is 94.3 Å². The normalized spacial score (nSPS) is 12.6. The fraction of sp³-hybridized carbons (Fsp3) is 0.105. The molecule has 2 heterocycles. The molecule has 2 amide bonds. The highest BCUT2D eigenvalue weighted by atomic mass is 32.1. The summed E-state index contributed by atoms with van der Waals surface area (Å²) >= 11 is 1.26. The van der Waals surface area contributed by atoms with E-state index in [1.165, 1.54) is 11.3 Å². The van der Waals surface area contributed by atoms with Gasteiger partial charge in [-0.1, -0.05) is 36.4 Å². The van der Waals surface area contributed by atoms with Crippen molar-refractivity contribution in [3.05, 3.63) is 70.7 Å². The Balaban J connectivity index is 1.65. The van der Waals surface area contributed by atoms with Crippen LogP contribution in [0.4, 0.5) is 5.13 Å². The summed E-state index contributed by atoms with van der Waals surface area (Å²) in [7, 11) is 0. The molecule has 0 spiro atoms. The molecule has 0 bridgehead atoms. The number of amides is 2. The number of para-hydroxylation sites is 2. The zero-order chi connectivity index (χ0) is 18.1. The highest BCUT2D eigenvalue weighted by Crippen LogP contribution is 2.44. The Labute approximate surface area is 153 Å². The Morgan fingerprint density at radius 3 is 2.31 bits per heavy atom. The number of anilines is 1. The van der Waals surface area contributed by atoms with Gasteiger partial charge in [-0.05, 0) is 12.1 Å². The Kier molecular flexibility index (Phi) is 4.14. The summed E-state index contributed by atoms with van der Waals surface area (Å²) < 4.78 is 5.91. The first-order valence-corrected chi connectivity index (χ1v) is 8.89. The number of aromatic nitrogens is 1. The van der Waals surface area contributed by atoms with Crippen LogP contribution in [0.15, 0.2) is 53.9 Å². The molecule has 1 aliphatic rings. The Morgan fingerprint density at radius 2 is 1.69 bits per heavy atom. The first-order valence-electron chi connectivity index (χ1n) is 8.01. The lowest BCUT2D eigenvalue weighted by Crippen LogP contribution is -2.25. The third-order valence-corrected chi connectivity index (χ3v) is 4.89. The molecule has 0 unspecified atom stereocenters. The van der Waals surface area contributed by atoms with E-state index in [2.05, 4.69) is 10.3 Å². The third-order valence-electron chi connectivity index (χ3n) is 4.08. The maximum Gasteiger partial charge on any atom is 0.238 e. The first kappa shape index (κ1) is 16.3. The number of primary amides is 1. The van der Waals surface area contributed by atoms with Crippen molar-refractivity contribution in [2.45, 2.75) is 12.3 Å². The predicted octanol–water partition coefficient (Wildman–Crippen LogP) is 3.05. The van der Waals surface area contributed by atoms with Gasteiger partial charge in [-0.3, -0.25) is 9.59 Å². The number of nitrogens with two attached hydrogens (primary N) is 1. The van der Waals surface area contributed by atoms with Crippen LogP contribution >= 0.6 is 11.3 Å². The molecule has 0 radical (unpaired) electrons. The van der Waals surface area contributed by atoms with Crippen LogP contribution in [0.5, 0.6) is 11.5 Å². The molecule has 130 valence electrons. The number of nitrogens with one attached hydrogen (secondary N) is 1. The van der Waals surface area contributed by atoms with Crippen molar-refractivity contribution < 1.29 is 14.3 Å². The summed E-state index contributed by atoms with van der Waals surface area (Å²) in [6.07, 6.45) is 0.0509. The number of hydrogen-bond donors (Lipinski definition) is 2. The molecule has 3 N–H and O–H groups in total. The Bertz CT molecular complexity index is 953. The summed E-state index contributed by atoms with van der Waals surface area (Å²) in [6, 6.07) is 15.0. The monoisotopic (exact) mass is 365 g/mol. The van der Waals surface area contributed by atoms with E-state index in [0.29, 0.717) is 22.3 Å². The molecule has 0 fully saturated rings. The molecular weight excluding hydrogens is 350 g/mol. The van der Waals surface area contributed by atoms with E-state index in [4.69, 9.17) is 10.5 Å². The smallest absolute Gasteiger partial charge is 0.238 e. The van der Waals surface area contributed by atoms with E-state index in [0.717, 1.165) is 11.1 Å². The molecule has 6 nitrogen and oxygen atoms in total. The first-order chi connectivity index (χ1) is 12.6. The van der Waals surface area contributed by atoms with Gasteiger partial charge in [0.25, 0.3) is 0 Å². The van der Waals surface area contributed by atoms with Crippen LogP contribution in [0.1, 0.15) is 22.7 Å². The molecule has 0 aliphatic carbocycles. The largest absolute Gasteiger partial charge is 0.457 e. The van der Waals surface area contributed by atoms with Gasteiger partial charge in [-0.2, -0.15) is 0 Å². The maximum atomic E-state index is 13.0. The number of ether oxygens (including phenoxy) is 1. The second kappa shape index (κ2) is 6.61. The van der Waals surface area contributed by atoms with Gasteiger partial charge in [-0.15, -0.1) is 11.3 Å². The van der Waals surface area contributed by atoms with Crippen LogP contribution < -0.4 is 15.8 Å². The standard InChI is InChI=1S/C19H15N3O3S/c20-16(23)9-11-10-26-19(21-11)22-18(24)17-12-5-1-3-7-14(12)25-15-8-4-2-6-13(15)17/h1-8,10,17H,9H2,(H2,20,23)(H,21,22,24). The molecule has 0 saturated heterocycles. The van der Waals surface area contributed by atoms with Crippen LogP contribution in [0.25, 0.3) is 0 Å². The third kappa shape index (κ3) is 3.04. The zero-order valence-electron chi connectivity index (χ0n) is 13.6. The van der Waals surface area contributed by atoms with Crippen LogP contribution in [-0.4, -0.2) is 16.8 Å². The van der Waals surface area contributed by atoms with Gasteiger partial charge in [0.15, 0.2) is 5.13 Å². The fourth-order valence-electron chi connectivity index (χ4n) is 2.99. The number of benzene rings is 2. The second-order valence-corrected chi connectivity index (χ2v) is 6.75. The van der Waals surface area contributed by atoms with Gasteiger partial charge in [0, 0.05) is 16.5 Å². The van der Waals surface area contributed by atoms with Gasteiger partial charge >= 0.3 is 0 Å². The van der Waals surface area contributed by atoms with Gasteiger partial charge in [0.05, 0.1) is 18.0 Å². The van der Waals surface area contributed by atoms with Crippen molar-refractivity contribution in [1.82, 2.24) is 4.98 Å². The number of carbonyl (C=O) groups is 2. The molecular formula is C19H15N3O3S. The van der Waals surface area contributed by atoms with E-state index in [9.17, 15) is 9.59 Å². The summed E-state index contributed by atoms with van der Waals surface area (Å²) in [6.45, 7) is 0. The number of thiazole rings is 1. The summed E-state index contributed by atoms with van der Waals surface area (Å²) in [5, 5.41) is 5.00. The number of nitrogens with zero attached hydrogens (tertiary/aromatic N) is 1. The van der Waals surface area contributed by atoms with Crippen LogP contribution in [0.2, 0.25) is 0 Å². The van der Waals surface area contributed by atoms with Crippen LogP contribution in [0.3, 0.4) is 0 Å². The van der Waals surface area contributed by atoms with Crippen LogP contribution in [0, 0.1) is 0 Å². The fourth-order valence-corrected chi connectivity index (χ4v) is 3.71. The van der Waals surface area contributed by atoms with Gasteiger partial charge in [0.1, 0.15) is 11.5 Å². The van der Waals surface area contributed by atoms with Crippen molar-refractivity contribution in [3.63, 3.8) is 0 Å². The highest BCUT2D eigenvalue weighted by Gasteiger charge is 2.32. The van der Waals surface area contributed by atoms with Crippen molar-refractivity contribution in [3.8, 4) is 11.5 Å². The lowest BCUT2D eigenvalue weighted by molar-refractivity contribution is -0.117. The maximum absolute atomic E-state index is 13.0. The number of carbonyl (C=O) groups excluding carboxylic acids is 2. The molecule has 3 aromatic rings. The molecule has 1 aliphatic heterocycles. The highest BCUT2D eigenvalue weighted by molar-refractivity contribution is 7.13. The van der Waals surface area contributed by atoms with Crippen molar-refractivity contribution in [2.75, 3.05) is 5.32 Å². The number of hydrogen-bond acceptors (Lipinski definition) is 5. The minimum atomic E-state index is -0.500. The minimum Gasteiger partial charge on any atom is -0.457 e. The van der Waals surface area contributed by atoms with E-state index in [-0.39, 0.29) is 12.3 Å². The molecule has 26 heavy (non-hydrogen) atoms. The van der Waals surface area contributed by atoms with Crippen molar-refractivity contribution in [2.24, 2.45) is 5.73 Å². The predicted molar refractivity (Wildman–Crippen MR) is 98.4 cm³/mol. The van der Waals surface area contributed by atoms with Gasteiger partial charge in [0.2, 0.25) is 11.8 Å². The average Bonchev–Trinajstić information content (AvgIpc) is 3.05. The average molecular weight is 365 g/mol. The summed E-state index contributed by atoms with van der Waals surface area (Å²) in [4.78, 5) is 28.3. The van der Waals surface area contributed by atoms with E-state index in [1.807, 2.05) is 48.5 Å². The number of rotatable bonds is 4. The summed E-state index contributed by atoms with van der Waals surface area (Å²) in [5.74, 6) is 0.174. The molecule has 7 heteroatoms. The molecule has 4 rings (SSSR count). The zero-order valence-corrected chi connectivity index (χ0v) is 14.5. The number of fused-ring (bicyclic) bond motifs is 2. The molecule has 1 aromatic heterocycles. The second-order valence-electron chi connectivity index (χ2n) is 5.89. The molecule has 0 saturated carbocycles. The summed E-state index contributed by atoms with van der Waals surface area (Å²) in [5.41, 5.74) is 7.34. The van der Waals surface area contributed by atoms with E-state index in [1.54, 1.807) is 5.38 Å². The Hall–Kier alpha value is -3.19. The van der Waals surface area contributed by atoms with E-state index >= 15 is 0 Å². The quantitative estimate of drug-likeness (QED) is 0.743. The minimum absolute atomic E-state index is 0.0509. The van der Waals surface area contributed by atoms with Crippen LogP contribution in [-0.2, 0) is 16.0 Å². The molecule has 0 atom stereocenters. The lowest BCUT2D eigenvalue weighted by Gasteiger charge is -2.27. The van der Waals surface area contributed by atoms with Gasteiger partial charge in [-0.25, -0.2) is 4.98 Å². The molecule has 2 aromatic carbocycles. The SMILES string of the molecule is NC(=O)Cc1csc(NC(=O)C2c3ccccc3Oc3ccccc32)n1.